The Morgan fingerprint density at radius 3 is 2.58 bits per heavy atom. The Hall–Kier alpha value is -1.61. The van der Waals surface area contributed by atoms with Gasteiger partial charge in [-0.1, -0.05) is 32.0 Å². The number of pyridine rings is 1. The first kappa shape index (κ1) is 13.8. The summed E-state index contributed by atoms with van der Waals surface area (Å²) >= 11 is 0. The maximum absolute atomic E-state index is 12.7. The fourth-order valence-electron chi connectivity index (χ4n) is 2.62. The number of aromatic nitrogens is 1. The van der Waals surface area contributed by atoms with Crippen molar-refractivity contribution >= 4 is 10.9 Å². The molecule has 0 aliphatic heterocycles. The molecule has 0 saturated heterocycles. The molecule has 1 aromatic carbocycles. The van der Waals surface area contributed by atoms with Crippen LogP contribution in [-0.4, -0.2) is 11.1 Å². The van der Waals surface area contributed by atoms with Gasteiger partial charge in [-0.25, -0.2) is 0 Å². The van der Waals surface area contributed by atoms with Crippen molar-refractivity contribution in [1.29, 1.82) is 0 Å². The molecule has 0 aliphatic rings. The van der Waals surface area contributed by atoms with Gasteiger partial charge < -0.3 is 10.3 Å². The highest BCUT2D eigenvalue weighted by Gasteiger charge is 2.24. The van der Waals surface area contributed by atoms with Crippen molar-refractivity contribution in [3.63, 3.8) is 0 Å². The predicted molar refractivity (Wildman–Crippen MR) is 80.6 cm³/mol. The molecule has 3 heteroatoms. The van der Waals surface area contributed by atoms with E-state index in [-0.39, 0.29) is 11.0 Å². The molecule has 102 valence electrons. The molecule has 1 aromatic heterocycles. The van der Waals surface area contributed by atoms with Crippen LogP contribution in [0.25, 0.3) is 10.9 Å². The molecule has 0 fully saturated rings. The lowest BCUT2D eigenvalue weighted by atomic mass is 9.81. The largest absolute Gasteiger partial charge is 0.330 e. The Kier molecular flexibility index (Phi) is 3.76. The van der Waals surface area contributed by atoms with E-state index in [1.54, 1.807) is 0 Å². The van der Waals surface area contributed by atoms with E-state index in [0.29, 0.717) is 13.1 Å². The molecule has 3 nitrogen and oxygen atoms in total. The van der Waals surface area contributed by atoms with Gasteiger partial charge in [0.25, 0.3) is 5.56 Å². The summed E-state index contributed by atoms with van der Waals surface area (Å²) in [5.41, 5.74) is 7.46. The van der Waals surface area contributed by atoms with Crippen LogP contribution in [0, 0.1) is 0 Å². The number of nitrogens with zero attached hydrogens (tertiary/aromatic N) is 1. The second-order valence-electron chi connectivity index (χ2n) is 5.59. The summed E-state index contributed by atoms with van der Waals surface area (Å²) in [6.45, 7) is 7.46. The van der Waals surface area contributed by atoms with Gasteiger partial charge in [0.2, 0.25) is 0 Å². The SMILES string of the molecule is CCn1c(=O)c(C(C)(C)CCN)cc2ccccc21. The van der Waals surface area contributed by atoms with Crippen LogP contribution in [0.5, 0.6) is 0 Å². The van der Waals surface area contributed by atoms with Crippen molar-refractivity contribution in [3.8, 4) is 0 Å². The van der Waals surface area contributed by atoms with Crippen LogP contribution >= 0.6 is 0 Å². The molecule has 0 spiro atoms. The van der Waals surface area contributed by atoms with E-state index in [2.05, 4.69) is 19.9 Å². The fourth-order valence-corrected chi connectivity index (χ4v) is 2.62. The zero-order valence-electron chi connectivity index (χ0n) is 11.9. The van der Waals surface area contributed by atoms with E-state index >= 15 is 0 Å². The lowest BCUT2D eigenvalue weighted by Gasteiger charge is -2.25. The number of rotatable bonds is 4. The Balaban J connectivity index is 2.76. The van der Waals surface area contributed by atoms with E-state index in [0.717, 1.165) is 22.9 Å². The Labute approximate surface area is 114 Å². The number of benzene rings is 1. The molecular formula is C16H22N2O. The van der Waals surface area contributed by atoms with Gasteiger partial charge in [0, 0.05) is 12.1 Å². The summed E-state index contributed by atoms with van der Waals surface area (Å²) in [6, 6.07) is 10.1. The molecule has 19 heavy (non-hydrogen) atoms. The number of aryl methyl sites for hydroxylation is 1. The van der Waals surface area contributed by atoms with Gasteiger partial charge in [-0.3, -0.25) is 4.79 Å². The van der Waals surface area contributed by atoms with Crippen molar-refractivity contribution < 1.29 is 0 Å². The first-order valence-corrected chi connectivity index (χ1v) is 6.84. The highest BCUT2D eigenvalue weighted by molar-refractivity contribution is 5.79. The molecule has 0 radical (unpaired) electrons. The fraction of sp³-hybridized carbons (Fsp3) is 0.438. The van der Waals surface area contributed by atoms with Crippen molar-refractivity contribution in [2.75, 3.05) is 6.54 Å². The maximum atomic E-state index is 12.7. The Bertz CT molecular complexity index is 641. The molecule has 1 heterocycles. The standard InChI is InChI=1S/C16H22N2O/c1-4-18-14-8-6-5-7-12(14)11-13(15(18)19)16(2,3)9-10-17/h5-8,11H,4,9-10,17H2,1-3H3. The van der Waals surface area contributed by atoms with Crippen LogP contribution in [-0.2, 0) is 12.0 Å². The van der Waals surface area contributed by atoms with Crippen molar-refractivity contribution in [2.24, 2.45) is 5.73 Å². The van der Waals surface area contributed by atoms with Gasteiger partial charge in [0.1, 0.15) is 0 Å². The van der Waals surface area contributed by atoms with Gasteiger partial charge >= 0.3 is 0 Å². The van der Waals surface area contributed by atoms with Gasteiger partial charge in [0.15, 0.2) is 0 Å². The van der Waals surface area contributed by atoms with Crippen molar-refractivity contribution in [2.45, 2.75) is 39.2 Å². The minimum atomic E-state index is -0.188. The normalized spacial score (nSPS) is 12.0. The third kappa shape index (κ3) is 2.43. The molecule has 2 rings (SSSR count). The summed E-state index contributed by atoms with van der Waals surface area (Å²) in [5.74, 6) is 0. The van der Waals surface area contributed by atoms with Crippen LogP contribution in [0.1, 0.15) is 32.8 Å². The molecule has 2 aromatic rings. The Morgan fingerprint density at radius 1 is 1.26 bits per heavy atom. The first-order valence-electron chi connectivity index (χ1n) is 6.84. The zero-order chi connectivity index (χ0) is 14.0. The minimum Gasteiger partial charge on any atom is -0.330 e. The lowest BCUT2D eigenvalue weighted by molar-refractivity contribution is 0.478. The molecule has 2 N–H and O–H groups in total. The highest BCUT2D eigenvalue weighted by atomic mass is 16.1. The number of nitrogens with two attached hydrogens (primary N) is 1. The average molecular weight is 258 g/mol. The third-order valence-electron chi connectivity index (χ3n) is 3.82. The summed E-state index contributed by atoms with van der Waals surface area (Å²) in [5, 5.41) is 1.11. The quantitative estimate of drug-likeness (QED) is 0.916. The minimum absolute atomic E-state index is 0.111. The summed E-state index contributed by atoms with van der Waals surface area (Å²) in [4.78, 5) is 12.7. The number of hydrogen-bond acceptors (Lipinski definition) is 2. The number of para-hydroxylation sites is 1. The topological polar surface area (TPSA) is 48.0 Å². The van der Waals surface area contributed by atoms with Crippen LogP contribution in [0.3, 0.4) is 0 Å². The first-order chi connectivity index (χ1) is 9.01. The van der Waals surface area contributed by atoms with E-state index in [4.69, 9.17) is 5.73 Å². The zero-order valence-corrected chi connectivity index (χ0v) is 11.9. The van der Waals surface area contributed by atoms with Crippen LogP contribution in [0.15, 0.2) is 35.1 Å². The molecule has 0 atom stereocenters. The molecule has 0 unspecified atom stereocenters. The maximum Gasteiger partial charge on any atom is 0.254 e. The molecular weight excluding hydrogens is 236 g/mol. The highest BCUT2D eigenvalue weighted by Crippen LogP contribution is 2.26. The molecule has 0 bridgehead atoms. The van der Waals surface area contributed by atoms with E-state index in [1.165, 1.54) is 0 Å². The van der Waals surface area contributed by atoms with Crippen molar-refractivity contribution in [1.82, 2.24) is 4.57 Å². The number of hydrogen-bond donors (Lipinski definition) is 1. The smallest absolute Gasteiger partial charge is 0.254 e. The monoisotopic (exact) mass is 258 g/mol. The molecule has 0 aliphatic carbocycles. The summed E-state index contributed by atoms with van der Waals surface area (Å²) in [7, 11) is 0. The van der Waals surface area contributed by atoms with Crippen LogP contribution in [0.2, 0.25) is 0 Å². The van der Waals surface area contributed by atoms with E-state index in [9.17, 15) is 4.79 Å². The molecule has 0 amide bonds. The Morgan fingerprint density at radius 2 is 1.95 bits per heavy atom. The second-order valence-corrected chi connectivity index (χ2v) is 5.59. The predicted octanol–water partition coefficient (Wildman–Crippen LogP) is 2.65. The van der Waals surface area contributed by atoms with Crippen LogP contribution in [0.4, 0.5) is 0 Å². The number of fused-ring (bicyclic) bond motifs is 1. The van der Waals surface area contributed by atoms with Crippen molar-refractivity contribution in [3.05, 3.63) is 46.2 Å². The summed E-state index contributed by atoms with van der Waals surface area (Å²) in [6.07, 6.45) is 0.810. The third-order valence-corrected chi connectivity index (χ3v) is 3.82. The van der Waals surface area contributed by atoms with E-state index < -0.39 is 0 Å². The van der Waals surface area contributed by atoms with Gasteiger partial charge in [0.05, 0.1) is 5.52 Å². The molecule has 0 saturated carbocycles. The second kappa shape index (κ2) is 5.17. The summed E-state index contributed by atoms with van der Waals surface area (Å²) < 4.78 is 1.85. The van der Waals surface area contributed by atoms with Crippen LogP contribution < -0.4 is 11.3 Å². The average Bonchev–Trinajstić information content (AvgIpc) is 2.38. The lowest BCUT2D eigenvalue weighted by Crippen LogP contribution is -2.33. The van der Waals surface area contributed by atoms with Gasteiger partial charge in [-0.05, 0) is 42.8 Å². The van der Waals surface area contributed by atoms with Gasteiger partial charge in [-0.15, -0.1) is 0 Å². The van der Waals surface area contributed by atoms with E-state index in [1.807, 2.05) is 35.8 Å². The van der Waals surface area contributed by atoms with Gasteiger partial charge in [-0.2, -0.15) is 0 Å².